The number of anilines is 1. The number of rotatable bonds is 5. The molecule has 1 unspecified atom stereocenters. The van der Waals surface area contributed by atoms with E-state index in [1.165, 1.54) is 6.42 Å². The molecule has 182 valence electrons. The van der Waals surface area contributed by atoms with E-state index in [4.69, 9.17) is 23.2 Å². The van der Waals surface area contributed by atoms with Crippen LogP contribution in [0.5, 0.6) is 0 Å². The number of amides is 1. The number of hydrogen-bond acceptors (Lipinski definition) is 4. The third-order valence-electron chi connectivity index (χ3n) is 7.67. The van der Waals surface area contributed by atoms with Crippen LogP contribution in [0.2, 0.25) is 10.0 Å². The first kappa shape index (κ1) is 24.1. The van der Waals surface area contributed by atoms with E-state index in [0.717, 1.165) is 18.4 Å². The number of aliphatic hydroxyl groups is 1. The number of sulfonamides is 1. The predicted molar refractivity (Wildman–Crippen MR) is 134 cm³/mol. The summed E-state index contributed by atoms with van der Waals surface area (Å²) in [6.07, 6.45) is 4.34. The molecule has 34 heavy (non-hydrogen) atoms. The molecule has 2 fully saturated rings. The Bertz CT molecular complexity index is 1190. The lowest BCUT2D eigenvalue weighted by molar-refractivity contribution is 0.102. The standard InChI is InChI=1S/C25H28Cl2N2O4S/c26-21-5-2-6-22(27)24(21)25(31)28-19-8-7-16-9-15(14-30)10-23(20(16)11-19)34(32,33)29-12-17-3-1-4-18(17)13-29/h2,5-8,11,15,17-18,23,30H,1,3-4,9-10,12-14H2,(H,28,31)/t15-,17-,18+,23?/m1/s1. The number of fused-ring (bicyclic) bond motifs is 2. The maximum Gasteiger partial charge on any atom is 0.258 e. The van der Waals surface area contributed by atoms with Gasteiger partial charge in [-0.05, 0) is 78.8 Å². The van der Waals surface area contributed by atoms with Crippen molar-refractivity contribution >= 4 is 44.8 Å². The molecule has 0 radical (unpaired) electrons. The lowest BCUT2D eigenvalue weighted by atomic mass is 9.83. The number of aliphatic hydroxyl groups excluding tert-OH is 1. The fourth-order valence-electron chi connectivity index (χ4n) is 5.89. The fourth-order valence-corrected chi connectivity index (χ4v) is 8.67. The molecule has 1 heterocycles. The van der Waals surface area contributed by atoms with E-state index in [0.29, 0.717) is 49.0 Å². The summed E-state index contributed by atoms with van der Waals surface area (Å²) in [4.78, 5) is 12.9. The second-order valence-electron chi connectivity index (χ2n) is 9.75. The minimum absolute atomic E-state index is 0.0554. The van der Waals surface area contributed by atoms with Crippen molar-refractivity contribution in [3.63, 3.8) is 0 Å². The number of hydrogen-bond donors (Lipinski definition) is 2. The molecule has 1 amide bonds. The highest BCUT2D eigenvalue weighted by molar-refractivity contribution is 7.89. The first-order chi connectivity index (χ1) is 16.3. The average Bonchev–Trinajstić information content (AvgIpc) is 3.41. The zero-order valence-corrected chi connectivity index (χ0v) is 21.0. The largest absolute Gasteiger partial charge is 0.396 e. The van der Waals surface area contributed by atoms with Gasteiger partial charge < -0.3 is 10.4 Å². The molecule has 5 rings (SSSR count). The number of benzene rings is 2. The van der Waals surface area contributed by atoms with Crippen LogP contribution in [0.15, 0.2) is 36.4 Å². The van der Waals surface area contributed by atoms with E-state index >= 15 is 0 Å². The highest BCUT2D eigenvalue weighted by atomic mass is 35.5. The zero-order chi connectivity index (χ0) is 24.0. The van der Waals surface area contributed by atoms with Crippen molar-refractivity contribution in [1.82, 2.24) is 4.31 Å². The number of nitrogens with one attached hydrogen (secondary N) is 1. The van der Waals surface area contributed by atoms with Crippen molar-refractivity contribution in [3.8, 4) is 0 Å². The topological polar surface area (TPSA) is 86.7 Å². The van der Waals surface area contributed by atoms with Gasteiger partial charge in [0.05, 0.1) is 15.6 Å². The Morgan fingerprint density at radius 1 is 1.09 bits per heavy atom. The van der Waals surface area contributed by atoms with Crippen molar-refractivity contribution in [1.29, 1.82) is 0 Å². The van der Waals surface area contributed by atoms with E-state index in [1.54, 1.807) is 34.6 Å². The van der Waals surface area contributed by atoms with Gasteiger partial charge in [0.2, 0.25) is 10.0 Å². The Balaban J connectivity index is 1.45. The van der Waals surface area contributed by atoms with Gasteiger partial charge in [0, 0.05) is 25.4 Å². The van der Waals surface area contributed by atoms with Crippen LogP contribution in [-0.4, -0.2) is 43.4 Å². The monoisotopic (exact) mass is 522 g/mol. The van der Waals surface area contributed by atoms with Crippen LogP contribution in [0.3, 0.4) is 0 Å². The summed E-state index contributed by atoms with van der Waals surface area (Å²) < 4.78 is 29.3. The van der Waals surface area contributed by atoms with Crippen LogP contribution >= 0.6 is 23.2 Å². The highest BCUT2D eigenvalue weighted by Gasteiger charge is 2.45. The molecule has 0 aromatic heterocycles. The van der Waals surface area contributed by atoms with Gasteiger partial charge in [0.1, 0.15) is 5.25 Å². The Morgan fingerprint density at radius 3 is 2.41 bits per heavy atom. The van der Waals surface area contributed by atoms with Gasteiger partial charge in [-0.2, -0.15) is 0 Å². The molecule has 6 nitrogen and oxygen atoms in total. The summed E-state index contributed by atoms with van der Waals surface area (Å²) in [6.45, 7) is 1.12. The second kappa shape index (κ2) is 9.43. The molecule has 0 spiro atoms. The summed E-state index contributed by atoms with van der Waals surface area (Å²) in [5.41, 5.74) is 2.26. The number of carbonyl (C=O) groups excluding carboxylic acids is 1. The molecule has 0 bridgehead atoms. The molecule has 9 heteroatoms. The summed E-state index contributed by atoms with van der Waals surface area (Å²) in [5, 5.41) is 12.4. The molecule has 3 aliphatic rings. The third kappa shape index (κ3) is 4.37. The summed E-state index contributed by atoms with van der Waals surface area (Å²) >= 11 is 12.4. The lowest BCUT2D eigenvalue weighted by Crippen LogP contribution is -2.37. The average molecular weight is 523 g/mol. The van der Waals surface area contributed by atoms with Crippen molar-refractivity contribution < 1.29 is 18.3 Å². The minimum Gasteiger partial charge on any atom is -0.396 e. The van der Waals surface area contributed by atoms with Gasteiger partial charge in [0.15, 0.2) is 0 Å². The Kier molecular flexibility index (Phi) is 6.68. The van der Waals surface area contributed by atoms with Gasteiger partial charge >= 0.3 is 0 Å². The summed E-state index contributed by atoms with van der Waals surface area (Å²) in [6, 6.07) is 10.2. The maximum absolute atomic E-state index is 13.8. The van der Waals surface area contributed by atoms with E-state index in [-0.39, 0.29) is 28.1 Å². The van der Waals surface area contributed by atoms with Gasteiger partial charge in [-0.25, -0.2) is 12.7 Å². The predicted octanol–water partition coefficient (Wildman–Crippen LogP) is 4.90. The molecular formula is C25H28Cl2N2O4S. The van der Waals surface area contributed by atoms with Crippen LogP contribution in [0.1, 0.15) is 52.4 Å². The van der Waals surface area contributed by atoms with Crippen LogP contribution in [0, 0.1) is 17.8 Å². The smallest absolute Gasteiger partial charge is 0.258 e. The lowest BCUT2D eigenvalue weighted by Gasteiger charge is -2.33. The van der Waals surface area contributed by atoms with E-state index in [2.05, 4.69) is 5.32 Å². The normalized spacial score (nSPS) is 26.8. The molecular weight excluding hydrogens is 495 g/mol. The SMILES string of the molecule is O=C(Nc1ccc2c(c1)C(S(=O)(=O)N1C[C@H]3CCC[C@H]3C1)C[C@H](CO)C2)c1c(Cl)cccc1Cl. The summed E-state index contributed by atoms with van der Waals surface area (Å²) in [7, 11) is -3.60. The maximum atomic E-state index is 13.8. The van der Waals surface area contributed by atoms with Crippen LogP contribution in [0.25, 0.3) is 0 Å². The van der Waals surface area contributed by atoms with E-state index in [1.807, 2.05) is 6.07 Å². The molecule has 2 N–H and O–H groups in total. The first-order valence-electron chi connectivity index (χ1n) is 11.8. The molecule has 1 aliphatic heterocycles. The zero-order valence-electron chi connectivity index (χ0n) is 18.7. The van der Waals surface area contributed by atoms with Crippen molar-refractivity contribution in [2.24, 2.45) is 17.8 Å². The minimum atomic E-state index is -3.60. The third-order valence-corrected chi connectivity index (χ3v) is 10.5. The number of carbonyl (C=O) groups is 1. The Morgan fingerprint density at radius 2 is 1.76 bits per heavy atom. The highest BCUT2D eigenvalue weighted by Crippen LogP contribution is 2.45. The second-order valence-corrected chi connectivity index (χ2v) is 12.7. The molecule has 1 saturated carbocycles. The van der Waals surface area contributed by atoms with Crippen molar-refractivity contribution in [2.45, 2.75) is 37.4 Å². The van der Waals surface area contributed by atoms with Crippen molar-refractivity contribution in [2.75, 3.05) is 25.0 Å². The van der Waals surface area contributed by atoms with Gasteiger partial charge in [-0.15, -0.1) is 0 Å². The van der Waals surface area contributed by atoms with Crippen LogP contribution in [-0.2, 0) is 16.4 Å². The molecule has 2 aliphatic carbocycles. The number of halogens is 2. The van der Waals surface area contributed by atoms with Crippen molar-refractivity contribution in [3.05, 3.63) is 63.1 Å². The number of nitrogens with zero attached hydrogens (tertiary/aromatic N) is 1. The van der Waals surface area contributed by atoms with Gasteiger partial charge in [0.25, 0.3) is 5.91 Å². The quantitative estimate of drug-likeness (QED) is 0.584. The Hall–Kier alpha value is -1.64. The molecule has 4 atom stereocenters. The van der Waals surface area contributed by atoms with E-state index < -0.39 is 21.2 Å². The first-order valence-corrected chi connectivity index (χ1v) is 14.0. The molecule has 2 aromatic rings. The molecule has 1 saturated heterocycles. The van der Waals surface area contributed by atoms with Crippen LogP contribution in [0.4, 0.5) is 5.69 Å². The Labute approximate surface area is 210 Å². The van der Waals surface area contributed by atoms with E-state index in [9.17, 15) is 18.3 Å². The van der Waals surface area contributed by atoms with Gasteiger partial charge in [-0.3, -0.25) is 4.79 Å². The molecule has 2 aromatic carbocycles. The van der Waals surface area contributed by atoms with Crippen LogP contribution < -0.4 is 5.32 Å². The fraction of sp³-hybridized carbons (Fsp3) is 0.480. The summed E-state index contributed by atoms with van der Waals surface area (Å²) in [5.74, 6) is 0.345. The van der Waals surface area contributed by atoms with Gasteiger partial charge in [-0.1, -0.05) is 41.8 Å².